The van der Waals surface area contributed by atoms with Gasteiger partial charge < -0.3 is 9.30 Å². The molecule has 0 bridgehead atoms. The molecule has 6 heteroatoms. The Labute approximate surface area is 107 Å². The average molecular weight is 338 g/mol. The van der Waals surface area contributed by atoms with E-state index < -0.39 is 0 Å². The molecule has 0 saturated heterocycles. The third-order valence-corrected chi connectivity index (χ3v) is 3.01. The summed E-state index contributed by atoms with van der Waals surface area (Å²) in [4.78, 5) is 23.4. The first-order chi connectivity index (χ1) is 7.57. The van der Waals surface area contributed by atoms with Crippen LogP contribution < -0.4 is 11.2 Å². The van der Waals surface area contributed by atoms with Gasteiger partial charge in [0.15, 0.2) is 0 Å². The van der Waals surface area contributed by atoms with E-state index in [1.807, 2.05) is 22.6 Å². The highest BCUT2D eigenvalue weighted by Crippen LogP contribution is 1.95. The van der Waals surface area contributed by atoms with Gasteiger partial charge in [-0.15, -0.1) is 0 Å². The summed E-state index contributed by atoms with van der Waals surface area (Å²) in [6.45, 7) is 1.10. The average Bonchev–Trinajstić information content (AvgIpc) is 2.25. The molecule has 0 aliphatic carbocycles. The van der Waals surface area contributed by atoms with Gasteiger partial charge in [0.2, 0.25) is 0 Å². The minimum Gasteiger partial charge on any atom is -0.385 e. The topological polar surface area (TPSA) is 53.2 Å². The molecule has 1 heterocycles. The van der Waals surface area contributed by atoms with Gasteiger partial charge in [0, 0.05) is 33.5 Å². The summed E-state index contributed by atoms with van der Waals surface area (Å²) >= 11 is 1.94. The third-order valence-electron chi connectivity index (χ3n) is 2.27. The van der Waals surface area contributed by atoms with E-state index in [0.29, 0.717) is 16.7 Å². The van der Waals surface area contributed by atoms with Crippen LogP contribution in [0.2, 0.25) is 0 Å². The minimum absolute atomic E-state index is 0.207. The largest absolute Gasteiger partial charge is 0.385 e. The lowest BCUT2D eigenvalue weighted by atomic mass is 10.3. The second-order valence-electron chi connectivity index (χ2n) is 3.53. The van der Waals surface area contributed by atoms with E-state index in [0.717, 1.165) is 12.8 Å². The van der Waals surface area contributed by atoms with Gasteiger partial charge in [-0.3, -0.25) is 9.36 Å². The summed E-state index contributed by atoms with van der Waals surface area (Å²) in [5, 5.41) is 0. The van der Waals surface area contributed by atoms with Gasteiger partial charge in [-0.1, -0.05) is 0 Å². The maximum Gasteiger partial charge on any atom is 0.330 e. The number of methoxy groups -OCH3 is 1. The molecule has 0 saturated carbocycles. The van der Waals surface area contributed by atoms with Gasteiger partial charge in [-0.2, -0.15) is 0 Å². The number of nitrogens with zero attached hydrogens (tertiary/aromatic N) is 2. The predicted molar refractivity (Wildman–Crippen MR) is 69.8 cm³/mol. The van der Waals surface area contributed by atoms with Crippen LogP contribution in [-0.4, -0.2) is 22.9 Å². The van der Waals surface area contributed by atoms with Crippen molar-refractivity contribution in [3.63, 3.8) is 0 Å². The van der Waals surface area contributed by atoms with Crippen molar-refractivity contribution in [3.05, 3.63) is 30.6 Å². The molecule has 0 N–H and O–H groups in total. The fraction of sp³-hybridized carbons (Fsp3) is 0.600. The van der Waals surface area contributed by atoms with Crippen LogP contribution in [0.4, 0.5) is 0 Å². The molecule has 0 atom stereocenters. The molecular formula is C10H15IN2O3. The molecule has 0 spiro atoms. The van der Waals surface area contributed by atoms with Crippen molar-refractivity contribution in [1.82, 2.24) is 9.13 Å². The molecule has 1 rings (SSSR count). The number of aryl methyl sites for hydroxylation is 1. The molecule has 16 heavy (non-hydrogen) atoms. The van der Waals surface area contributed by atoms with Gasteiger partial charge in [0.1, 0.15) is 0 Å². The second kappa shape index (κ2) is 6.19. The molecule has 5 nitrogen and oxygen atoms in total. The highest BCUT2D eigenvalue weighted by Gasteiger charge is 2.06. The van der Waals surface area contributed by atoms with Crippen molar-refractivity contribution in [1.29, 1.82) is 0 Å². The lowest BCUT2D eigenvalue weighted by Crippen LogP contribution is -2.39. The number of aromatic nitrogens is 2. The van der Waals surface area contributed by atoms with Crippen LogP contribution in [0.5, 0.6) is 0 Å². The molecule has 0 unspecified atom stereocenters. The number of halogens is 1. The molecule has 0 radical (unpaired) electrons. The zero-order valence-corrected chi connectivity index (χ0v) is 11.6. The Bertz CT molecular complexity index is 430. The van der Waals surface area contributed by atoms with Crippen LogP contribution in [0.25, 0.3) is 0 Å². The minimum atomic E-state index is -0.261. The van der Waals surface area contributed by atoms with Crippen molar-refractivity contribution in [3.8, 4) is 0 Å². The maximum absolute atomic E-state index is 11.7. The van der Waals surface area contributed by atoms with Crippen molar-refractivity contribution in [2.24, 2.45) is 7.05 Å². The SMILES string of the molecule is COCCCCn1c(=O)c(I)cn(C)c1=O. The van der Waals surface area contributed by atoms with E-state index in [-0.39, 0.29) is 11.2 Å². The van der Waals surface area contributed by atoms with Crippen molar-refractivity contribution < 1.29 is 4.74 Å². The van der Waals surface area contributed by atoms with Crippen LogP contribution in [0.15, 0.2) is 15.8 Å². The monoisotopic (exact) mass is 338 g/mol. The molecule has 1 aromatic rings. The van der Waals surface area contributed by atoms with Crippen LogP contribution >= 0.6 is 22.6 Å². The zero-order chi connectivity index (χ0) is 12.1. The fourth-order valence-electron chi connectivity index (χ4n) is 1.40. The normalized spacial score (nSPS) is 10.7. The third kappa shape index (κ3) is 3.18. The maximum atomic E-state index is 11.7. The summed E-state index contributed by atoms with van der Waals surface area (Å²) in [6, 6.07) is 0. The molecule has 0 amide bonds. The van der Waals surface area contributed by atoms with E-state index in [4.69, 9.17) is 4.74 Å². The first-order valence-corrected chi connectivity index (χ1v) is 6.10. The number of unbranched alkanes of at least 4 members (excludes halogenated alkanes) is 1. The number of hydrogen-bond donors (Lipinski definition) is 0. The number of rotatable bonds is 5. The van der Waals surface area contributed by atoms with Gasteiger partial charge in [0.05, 0.1) is 3.57 Å². The molecule has 0 aliphatic heterocycles. The summed E-state index contributed by atoms with van der Waals surface area (Å²) in [7, 11) is 3.28. The summed E-state index contributed by atoms with van der Waals surface area (Å²) in [6.07, 6.45) is 3.16. The molecule has 0 aliphatic rings. The Hall–Kier alpha value is -0.630. The smallest absolute Gasteiger partial charge is 0.330 e. The quantitative estimate of drug-likeness (QED) is 0.583. The van der Waals surface area contributed by atoms with Gasteiger partial charge in [-0.05, 0) is 35.4 Å². The Morgan fingerprint density at radius 2 is 2.06 bits per heavy atom. The molecule has 0 aromatic carbocycles. The number of ether oxygens (including phenoxy) is 1. The fourth-order valence-corrected chi connectivity index (χ4v) is 2.11. The highest BCUT2D eigenvalue weighted by atomic mass is 127. The van der Waals surface area contributed by atoms with E-state index in [1.165, 1.54) is 9.13 Å². The van der Waals surface area contributed by atoms with Crippen LogP contribution in [0.3, 0.4) is 0 Å². The van der Waals surface area contributed by atoms with Gasteiger partial charge in [-0.25, -0.2) is 4.79 Å². The Kier molecular flexibility index (Phi) is 5.20. The lowest BCUT2D eigenvalue weighted by Gasteiger charge is -2.07. The Morgan fingerprint density at radius 3 is 2.69 bits per heavy atom. The molecule has 1 aromatic heterocycles. The van der Waals surface area contributed by atoms with Crippen LogP contribution in [0, 0.1) is 3.57 Å². The number of hydrogen-bond acceptors (Lipinski definition) is 3. The van der Waals surface area contributed by atoms with Crippen molar-refractivity contribution >= 4 is 22.6 Å². The Morgan fingerprint density at radius 1 is 1.38 bits per heavy atom. The second-order valence-corrected chi connectivity index (χ2v) is 4.69. The van der Waals surface area contributed by atoms with Crippen LogP contribution in [-0.2, 0) is 18.3 Å². The van der Waals surface area contributed by atoms with Gasteiger partial charge in [0.25, 0.3) is 5.56 Å². The summed E-state index contributed by atoms with van der Waals surface area (Å²) < 4.78 is 8.18. The molecular weight excluding hydrogens is 323 g/mol. The first kappa shape index (κ1) is 13.4. The van der Waals surface area contributed by atoms with E-state index in [2.05, 4.69) is 0 Å². The van der Waals surface area contributed by atoms with E-state index in [9.17, 15) is 9.59 Å². The Balaban J connectivity index is 2.87. The van der Waals surface area contributed by atoms with Crippen molar-refractivity contribution in [2.75, 3.05) is 13.7 Å². The highest BCUT2D eigenvalue weighted by molar-refractivity contribution is 14.1. The molecule has 90 valence electrons. The van der Waals surface area contributed by atoms with E-state index in [1.54, 1.807) is 20.4 Å². The summed E-state index contributed by atoms with van der Waals surface area (Å²) in [5.74, 6) is 0. The summed E-state index contributed by atoms with van der Waals surface area (Å²) in [5.41, 5.74) is -0.469. The first-order valence-electron chi connectivity index (χ1n) is 5.03. The standard InChI is InChI=1S/C10H15IN2O3/c1-12-7-8(11)9(14)13(10(12)15)5-3-4-6-16-2/h7H,3-6H2,1-2H3. The van der Waals surface area contributed by atoms with Crippen LogP contribution in [0.1, 0.15) is 12.8 Å². The van der Waals surface area contributed by atoms with Crippen molar-refractivity contribution in [2.45, 2.75) is 19.4 Å². The van der Waals surface area contributed by atoms with Gasteiger partial charge >= 0.3 is 5.69 Å². The van der Waals surface area contributed by atoms with E-state index >= 15 is 0 Å². The predicted octanol–water partition coefficient (Wildman–Crippen LogP) is 0.578. The molecule has 0 fully saturated rings. The lowest BCUT2D eigenvalue weighted by molar-refractivity contribution is 0.191. The zero-order valence-electron chi connectivity index (χ0n) is 9.40.